The van der Waals surface area contributed by atoms with Crippen LogP contribution in [-0.4, -0.2) is 26.7 Å². The number of hydrogen-bond acceptors (Lipinski definition) is 4. The Kier molecular flexibility index (Phi) is 4.09. The molecular weight excluding hydrogens is 316 g/mol. The van der Waals surface area contributed by atoms with Crippen LogP contribution in [0, 0.1) is 6.92 Å². The second-order valence-electron chi connectivity index (χ2n) is 5.57. The van der Waals surface area contributed by atoms with E-state index in [4.69, 9.17) is 16.0 Å². The van der Waals surface area contributed by atoms with Gasteiger partial charge in [0, 0.05) is 22.0 Å². The minimum absolute atomic E-state index is 0.0272. The van der Waals surface area contributed by atoms with Gasteiger partial charge < -0.3 is 9.73 Å². The summed E-state index contributed by atoms with van der Waals surface area (Å²) in [6, 6.07) is 5.14. The van der Waals surface area contributed by atoms with Crippen molar-refractivity contribution in [2.45, 2.75) is 32.9 Å². The number of amides is 1. The van der Waals surface area contributed by atoms with E-state index in [1.807, 2.05) is 20.8 Å². The summed E-state index contributed by atoms with van der Waals surface area (Å²) in [4.78, 5) is 16.4. The van der Waals surface area contributed by atoms with Crippen LogP contribution in [0.3, 0.4) is 0 Å². The van der Waals surface area contributed by atoms with Gasteiger partial charge in [0.15, 0.2) is 5.76 Å². The first-order valence-electron chi connectivity index (χ1n) is 7.31. The highest BCUT2D eigenvalue weighted by Gasteiger charge is 2.22. The molecule has 3 aromatic rings. The molecule has 2 heterocycles. The third-order valence-electron chi connectivity index (χ3n) is 4.04. The molecule has 0 fully saturated rings. The van der Waals surface area contributed by atoms with E-state index in [1.165, 1.54) is 6.33 Å². The summed E-state index contributed by atoms with van der Waals surface area (Å²) in [6.07, 6.45) is 3.10. The summed E-state index contributed by atoms with van der Waals surface area (Å²) in [7, 11) is 0. The molecule has 0 aliphatic rings. The van der Waals surface area contributed by atoms with E-state index in [9.17, 15) is 4.79 Å². The SMILES string of the molecule is Cc1c(C(=O)N[C@@H](C)[C@@H](C)n2cncn2)oc2ccc(Cl)cc12. The van der Waals surface area contributed by atoms with Crippen LogP contribution in [0.2, 0.25) is 5.02 Å². The van der Waals surface area contributed by atoms with Gasteiger partial charge in [-0.05, 0) is 39.0 Å². The lowest BCUT2D eigenvalue weighted by molar-refractivity contribution is 0.0901. The molecule has 0 saturated heterocycles. The molecule has 1 amide bonds. The van der Waals surface area contributed by atoms with Crippen LogP contribution < -0.4 is 5.32 Å². The fraction of sp³-hybridized carbons (Fsp3) is 0.312. The Labute approximate surface area is 138 Å². The molecule has 1 N–H and O–H groups in total. The monoisotopic (exact) mass is 332 g/mol. The number of halogens is 1. The third kappa shape index (κ3) is 2.94. The van der Waals surface area contributed by atoms with Crippen molar-refractivity contribution >= 4 is 28.5 Å². The van der Waals surface area contributed by atoms with Crippen LogP contribution in [0.4, 0.5) is 0 Å². The van der Waals surface area contributed by atoms with Crippen molar-refractivity contribution in [3.8, 4) is 0 Å². The largest absolute Gasteiger partial charge is 0.451 e. The molecule has 120 valence electrons. The molecule has 0 bridgehead atoms. The zero-order valence-electron chi connectivity index (χ0n) is 13.1. The highest BCUT2D eigenvalue weighted by molar-refractivity contribution is 6.31. The zero-order valence-corrected chi connectivity index (χ0v) is 13.8. The summed E-state index contributed by atoms with van der Waals surface area (Å²) in [5.41, 5.74) is 1.43. The maximum absolute atomic E-state index is 12.5. The molecule has 23 heavy (non-hydrogen) atoms. The van der Waals surface area contributed by atoms with E-state index in [1.54, 1.807) is 29.2 Å². The van der Waals surface area contributed by atoms with Gasteiger partial charge in [-0.25, -0.2) is 9.67 Å². The predicted octanol–water partition coefficient (Wildman–Crippen LogP) is 3.37. The lowest BCUT2D eigenvalue weighted by Crippen LogP contribution is -2.38. The van der Waals surface area contributed by atoms with Crippen LogP contribution in [0.1, 0.15) is 36.0 Å². The van der Waals surface area contributed by atoms with E-state index in [0.29, 0.717) is 16.4 Å². The number of aryl methyl sites for hydroxylation is 1. The normalized spacial score (nSPS) is 13.9. The molecule has 0 unspecified atom stereocenters. The summed E-state index contributed by atoms with van der Waals surface area (Å²) < 4.78 is 7.39. The topological polar surface area (TPSA) is 73.0 Å². The molecule has 0 aliphatic heterocycles. The molecule has 0 saturated carbocycles. The van der Waals surface area contributed by atoms with Crippen molar-refractivity contribution in [3.05, 3.63) is 47.2 Å². The van der Waals surface area contributed by atoms with Gasteiger partial charge in [0.05, 0.1) is 6.04 Å². The first kappa shape index (κ1) is 15.6. The Morgan fingerprint density at radius 2 is 2.17 bits per heavy atom. The van der Waals surface area contributed by atoms with Crippen molar-refractivity contribution in [2.24, 2.45) is 0 Å². The summed E-state index contributed by atoms with van der Waals surface area (Å²) in [6.45, 7) is 5.73. The van der Waals surface area contributed by atoms with Gasteiger partial charge in [-0.1, -0.05) is 11.6 Å². The fourth-order valence-electron chi connectivity index (χ4n) is 2.46. The maximum Gasteiger partial charge on any atom is 0.287 e. The Bertz CT molecular complexity index is 841. The third-order valence-corrected chi connectivity index (χ3v) is 4.28. The second kappa shape index (κ2) is 6.04. The number of rotatable bonds is 4. The molecule has 7 heteroatoms. The summed E-state index contributed by atoms with van der Waals surface area (Å²) >= 11 is 6.00. The molecule has 6 nitrogen and oxygen atoms in total. The Morgan fingerprint density at radius 3 is 2.87 bits per heavy atom. The van der Waals surface area contributed by atoms with E-state index in [2.05, 4.69) is 15.4 Å². The lowest BCUT2D eigenvalue weighted by atomic mass is 10.1. The standard InChI is InChI=1S/C16H17ClN4O2/c1-9-13-6-12(17)4-5-14(13)23-15(9)16(22)20-10(2)11(3)21-8-18-7-19-21/h4-8,10-11H,1-3H3,(H,20,22)/t10-,11+/m0/s1. The second-order valence-corrected chi connectivity index (χ2v) is 6.01. The quantitative estimate of drug-likeness (QED) is 0.795. The van der Waals surface area contributed by atoms with Crippen LogP contribution in [-0.2, 0) is 0 Å². The van der Waals surface area contributed by atoms with E-state index >= 15 is 0 Å². The highest BCUT2D eigenvalue weighted by atomic mass is 35.5. The number of nitrogens with zero attached hydrogens (tertiary/aromatic N) is 3. The Balaban J connectivity index is 1.82. The number of nitrogens with one attached hydrogen (secondary N) is 1. The van der Waals surface area contributed by atoms with Crippen molar-refractivity contribution in [1.29, 1.82) is 0 Å². The first-order valence-corrected chi connectivity index (χ1v) is 7.69. The number of hydrogen-bond donors (Lipinski definition) is 1. The molecule has 2 atom stereocenters. The average Bonchev–Trinajstić information content (AvgIpc) is 3.15. The van der Waals surface area contributed by atoms with Crippen molar-refractivity contribution in [2.75, 3.05) is 0 Å². The van der Waals surface area contributed by atoms with Gasteiger partial charge >= 0.3 is 0 Å². The van der Waals surface area contributed by atoms with Gasteiger partial charge in [-0.3, -0.25) is 4.79 Å². The van der Waals surface area contributed by atoms with Crippen LogP contribution in [0.15, 0.2) is 35.3 Å². The van der Waals surface area contributed by atoms with Crippen LogP contribution in [0.25, 0.3) is 11.0 Å². The minimum atomic E-state index is -0.255. The maximum atomic E-state index is 12.5. The zero-order chi connectivity index (χ0) is 16.6. The van der Waals surface area contributed by atoms with E-state index < -0.39 is 0 Å². The van der Waals surface area contributed by atoms with Crippen LogP contribution >= 0.6 is 11.6 Å². The Morgan fingerprint density at radius 1 is 1.39 bits per heavy atom. The van der Waals surface area contributed by atoms with Gasteiger partial charge in [0.2, 0.25) is 0 Å². The van der Waals surface area contributed by atoms with E-state index in [0.717, 1.165) is 10.9 Å². The first-order chi connectivity index (χ1) is 11.0. The average molecular weight is 333 g/mol. The molecule has 0 spiro atoms. The van der Waals surface area contributed by atoms with Crippen molar-refractivity contribution < 1.29 is 9.21 Å². The Hall–Kier alpha value is -2.34. The molecule has 0 aliphatic carbocycles. The summed E-state index contributed by atoms with van der Waals surface area (Å²) in [5.74, 6) is 0.0502. The number of carbonyl (C=O) groups excluding carboxylic acids is 1. The van der Waals surface area contributed by atoms with Gasteiger partial charge in [0.1, 0.15) is 18.2 Å². The molecule has 2 aromatic heterocycles. The smallest absolute Gasteiger partial charge is 0.287 e. The van der Waals surface area contributed by atoms with Gasteiger partial charge in [-0.15, -0.1) is 0 Å². The number of aromatic nitrogens is 3. The van der Waals surface area contributed by atoms with Gasteiger partial charge in [0.25, 0.3) is 5.91 Å². The summed E-state index contributed by atoms with van der Waals surface area (Å²) in [5, 5.41) is 8.50. The fourth-order valence-corrected chi connectivity index (χ4v) is 2.63. The van der Waals surface area contributed by atoms with E-state index in [-0.39, 0.29) is 18.0 Å². The molecule has 1 aromatic carbocycles. The number of fused-ring (bicyclic) bond motifs is 1. The molecule has 0 radical (unpaired) electrons. The number of carbonyl (C=O) groups is 1. The van der Waals surface area contributed by atoms with Crippen LogP contribution in [0.5, 0.6) is 0 Å². The number of benzene rings is 1. The lowest BCUT2D eigenvalue weighted by Gasteiger charge is -2.20. The number of furan rings is 1. The molecule has 3 rings (SSSR count). The predicted molar refractivity (Wildman–Crippen MR) is 87.6 cm³/mol. The van der Waals surface area contributed by atoms with Crippen molar-refractivity contribution in [3.63, 3.8) is 0 Å². The highest BCUT2D eigenvalue weighted by Crippen LogP contribution is 2.28. The minimum Gasteiger partial charge on any atom is -0.451 e. The van der Waals surface area contributed by atoms with Gasteiger partial charge in [-0.2, -0.15) is 5.10 Å². The molecular formula is C16H17ClN4O2. The van der Waals surface area contributed by atoms with Crippen molar-refractivity contribution in [1.82, 2.24) is 20.1 Å².